The smallest absolute Gasteiger partial charge is 0.0622 e. The van der Waals surface area contributed by atoms with Gasteiger partial charge >= 0.3 is 0 Å². The average molecular weight is 226 g/mol. The fourth-order valence-corrected chi connectivity index (χ4v) is 2.94. The fraction of sp³-hybridized carbons (Fsp3) is 1.00. The molecule has 94 valence electrons. The van der Waals surface area contributed by atoms with Gasteiger partial charge in [-0.25, -0.2) is 0 Å². The molecule has 2 rings (SSSR count). The second-order valence-electron chi connectivity index (χ2n) is 5.52. The average Bonchev–Trinajstić information content (AvgIpc) is 2.80. The highest BCUT2D eigenvalue weighted by atomic mass is 16.5. The Bertz CT molecular complexity index is 196. The minimum atomic E-state index is 0.647. The Morgan fingerprint density at radius 1 is 1.38 bits per heavy atom. The van der Waals surface area contributed by atoms with Crippen LogP contribution in [0.4, 0.5) is 0 Å². The molecule has 0 aromatic rings. The lowest BCUT2D eigenvalue weighted by atomic mass is 9.97. The van der Waals surface area contributed by atoms with E-state index >= 15 is 0 Å². The number of rotatable bonds is 4. The van der Waals surface area contributed by atoms with E-state index in [9.17, 15) is 0 Å². The van der Waals surface area contributed by atoms with Crippen LogP contribution < -0.4 is 5.32 Å². The van der Waals surface area contributed by atoms with Crippen molar-refractivity contribution in [3.8, 4) is 0 Å². The molecule has 3 heteroatoms. The van der Waals surface area contributed by atoms with E-state index in [2.05, 4.69) is 24.1 Å². The van der Waals surface area contributed by atoms with E-state index in [0.29, 0.717) is 12.1 Å². The lowest BCUT2D eigenvalue weighted by molar-refractivity contribution is 0.0986. The van der Waals surface area contributed by atoms with Gasteiger partial charge in [-0.05, 0) is 52.1 Å². The molecular weight excluding hydrogens is 200 g/mol. The normalized spacial score (nSPS) is 31.5. The number of hydrogen-bond donors (Lipinski definition) is 1. The molecule has 1 N–H and O–H groups in total. The summed E-state index contributed by atoms with van der Waals surface area (Å²) in [5, 5.41) is 3.51. The van der Waals surface area contributed by atoms with Crippen molar-refractivity contribution in [1.82, 2.24) is 10.2 Å². The van der Waals surface area contributed by atoms with Gasteiger partial charge in [-0.2, -0.15) is 0 Å². The molecule has 2 heterocycles. The molecule has 0 aromatic carbocycles. The van der Waals surface area contributed by atoms with Crippen LogP contribution in [0.2, 0.25) is 0 Å². The summed E-state index contributed by atoms with van der Waals surface area (Å²) >= 11 is 0. The minimum Gasteiger partial charge on any atom is -0.380 e. The monoisotopic (exact) mass is 226 g/mol. The quantitative estimate of drug-likeness (QED) is 0.786. The van der Waals surface area contributed by atoms with Crippen LogP contribution in [0.5, 0.6) is 0 Å². The lowest BCUT2D eigenvalue weighted by Crippen LogP contribution is -2.46. The highest BCUT2D eigenvalue weighted by molar-refractivity contribution is 4.82. The summed E-state index contributed by atoms with van der Waals surface area (Å²) in [4.78, 5) is 2.66. The number of piperidine rings is 1. The highest BCUT2D eigenvalue weighted by Gasteiger charge is 2.27. The van der Waals surface area contributed by atoms with E-state index in [4.69, 9.17) is 4.74 Å². The zero-order valence-electron chi connectivity index (χ0n) is 10.7. The molecule has 2 aliphatic rings. The zero-order chi connectivity index (χ0) is 11.4. The van der Waals surface area contributed by atoms with E-state index in [1.165, 1.54) is 38.9 Å². The third-order valence-electron chi connectivity index (χ3n) is 3.91. The maximum absolute atomic E-state index is 5.52. The van der Waals surface area contributed by atoms with Crippen molar-refractivity contribution >= 4 is 0 Å². The molecule has 0 radical (unpaired) electrons. The summed E-state index contributed by atoms with van der Waals surface area (Å²) in [5.74, 6) is 0.844. The number of nitrogens with zero attached hydrogens (tertiary/aromatic N) is 1. The van der Waals surface area contributed by atoms with Crippen LogP contribution in [-0.2, 0) is 4.74 Å². The SMILES string of the molecule is CC(C)N(CC1CCCNC1)C1CCOC1. The van der Waals surface area contributed by atoms with E-state index in [0.717, 1.165) is 19.1 Å². The van der Waals surface area contributed by atoms with Crippen molar-refractivity contribution in [3.63, 3.8) is 0 Å². The second-order valence-corrected chi connectivity index (χ2v) is 5.52. The van der Waals surface area contributed by atoms with Crippen LogP contribution in [0.25, 0.3) is 0 Å². The maximum atomic E-state index is 5.52. The molecule has 3 nitrogen and oxygen atoms in total. The van der Waals surface area contributed by atoms with Crippen molar-refractivity contribution in [2.24, 2.45) is 5.92 Å². The Labute approximate surface area is 99.5 Å². The number of hydrogen-bond acceptors (Lipinski definition) is 3. The van der Waals surface area contributed by atoms with Crippen molar-refractivity contribution in [2.45, 2.75) is 45.2 Å². The van der Waals surface area contributed by atoms with Gasteiger partial charge in [0, 0.05) is 25.2 Å². The van der Waals surface area contributed by atoms with Crippen LogP contribution in [-0.4, -0.2) is 49.8 Å². The van der Waals surface area contributed by atoms with Gasteiger partial charge in [-0.15, -0.1) is 0 Å². The molecule has 0 aliphatic carbocycles. The number of ether oxygens (including phenoxy) is 1. The first-order valence-corrected chi connectivity index (χ1v) is 6.81. The van der Waals surface area contributed by atoms with Gasteiger partial charge in [0.05, 0.1) is 6.61 Å². The van der Waals surface area contributed by atoms with E-state index in [1.807, 2.05) is 0 Å². The first kappa shape index (κ1) is 12.3. The van der Waals surface area contributed by atoms with E-state index in [1.54, 1.807) is 0 Å². The van der Waals surface area contributed by atoms with E-state index < -0.39 is 0 Å². The second kappa shape index (κ2) is 5.99. The van der Waals surface area contributed by atoms with Gasteiger partial charge in [0.15, 0.2) is 0 Å². The van der Waals surface area contributed by atoms with Gasteiger partial charge in [0.1, 0.15) is 0 Å². The predicted octanol–water partition coefficient (Wildman–Crippen LogP) is 1.49. The summed E-state index contributed by atoms with van der Waals surface area (Å²) in [6.07, 6.45) is 3.96. The summed E-state index contributed by atoms with van der Waals surface area (Å²) in [6, 6.07) is 1.32. The van der Waals surface area contributed by atoms with Crippen LogP contribution in [0, 0.1) is 5.92 Å². The van der Waals surface area contributed by atoms with Gasteiger partial charge in [-0.3, -0.25) is 4.90 Å². The first-order chi connectivity index (χ1) is 7.77. The Morgan fingerprint density at radius 3 is 2.81 bits per heavy atom. The topological polar surface area (TPSA) is 24.5 Å². The summed E-state index contributed by atoms with van der Waals surface area (Å²) < 4.78 is 5.52. The van der Waals surface area contributed by atoms with Crippen molar-refractivity contribution in [2.75, 3.05) is 32.8 Å². The third-order valence-corrected chi connectivity index (χ3v) is 3.91. The molecule has 2 saturated heterocycles. The molecule has 2 unspecified atom stereocenters. The summed E-state index contributed by atoms with van der Waals surface area (Å²) in [6.45, 7) is 10.2. The minimum absolute atomic E-state index is 0.647. The summed E-state index contributed by atoms with van der Waals surface area (Å²) in [5.41, 5.74) is 0. The van der Waals surface area contributed by atoms with Crippen molar-refractivity contribution in [1.29, 1.82) is 0 Å². The van der Waals surface area contributed by atoms with E-state index in [-0.39, 0.29) is 0 Å². The molecule has 0 bridgehead atoms. The van der Waals surface area contributed by atoms with Crippen molar-refractivity contribution in [3.05, 3.63) is 0 Å². The fourth-order valence-electron chi connectivity index (χ4n) is 2.94. The Balaban J connectivity index is 1.85. The molecule has 0 saturated carbocycles. The standard InChI is InChI=1S/C13H26N2O/c1-11(2)15(13-5-7-16-10-13)9-12-4-3-6-14-8-12/h11-14H,3-10H2,1-2H3. The summed E-state index contributed by atoms with van der Waals surface area (Å²) in [7, 11) is 0. The largest absolute Gasteiger partial charge is 0.380 e. The highest BCUT2D eigenvalue weighted by Crippen LogP contribution is 2.20. The molecular formula is C13H26N2O. The lowest BCUT2D eigenvalue weighted by Gasteiger charge is -2.36. The van der Waals surface area contributed by atoms with Gasteiger partial charge in [-0.1, -0.05) is 0 Å². The Morgan fingerprint density at radius 2 is 2.25 bits per heavy atom. The molecule has 16 heavy (non-hydrogen) atoms. The Hall–Kier alpha value is -0.120. The molecule has 0 spiro atoms. The Kier molecular flexibility index (Phi) is 4.62. The van der Waals surface area contributed by atoms with Crippen LogP contribution in [0.3, 0.4) is 0 Å². The maximum Gasteiger partial charge on any atom is 0.0622 e. The van der Waals surface area contributed by atoms with Crippen LogP contribution in [0.15, 0.2) is 0 Å². The molecule has 2 aliphatic heterocycles. The van der Waals surface area contributed by atoms with Gasteiger partial charge in [0.25, 0.3) is 0 Å². The third kappa shape index (κ3) is 3.19. The van der Waals surface area contributed by atoms with Gasteiger partial charge < -0.3 is 10.1 Å². The van der Waals surface area contributed by atoms with Crippen LogP contribution >= 0.6 is 0 Å². The zero-order valence-corrected chi connectivity index (χ0v) is 10.7. The number of nitrogens with one attached hydrogen (secondary N) is 1. The molecule has 2 atom stereocenters. The molecule has 2 fully saturated rings. The van der Waals surface area contributed by atoms with Gasteiger partial charge in [0.2, 0.25) is 0 Å². The van der Waals surface area contributed by atoms with Crippen LogP contribution in [0.1, 0.15) is 33.1 Å². The predicted molar refractivity (Wildman–Crippen MR) is 66.7 cm³/mol. The van der Waals surface area contributed by atoms with Crippen molar-refractivity contribution < 1.29 is 4.74 Å². The molecule has 0 aromatic heterocycles. The molecule has 0 amide bonds. The first-order valence-electron chi connectivity index (χ1n) is 6.81.